The van der Waals surface area contributed by atoms with Crippen LogP contribution in [0.4, 0.5) is 13.2 Å². The molecule has 0 fully saturated rings. The third kappa shape index (κ3) is 4.40. The number of hydrogen-bond donors (Lipinski definition) is 0. The molecule has 0 spiro atoms. The summed E-state index contributed by atoms with van der Waals surface area (Å²) in [4.78, 5) is 0. The van der Waals surface area contributed by atoms with Crippen LogP contribution in [0, 0.1) is 0 Å². The molecule has 2 heterocycles. The fourth-order valence-corrected chi connectivity index (χ4v) is 8.01. The molecule has 0 radical (unpaired) electrons. The van der Waals surface area contributed by atoms with E-state index in [1.165, 1.54) is 42.5 Å². The molecule has 0 aliphatic carbocycles. The average molecular weight is 483 g/mol. The van der Waals surface area contributed by atoms with Crippen molar-refractivity contribution in [3.63, 3.8) is 0 Å². The highest BCUT2D eigenvalue weighted by Crippen LogP contribution is 2.56. The first-order valence-electron chi connectivity index (χ1n) is 12.6. The van der Waals surface area contributed by atoms with Gasteiger partial charge < -0.3 is 0 Å². The molecule has 33 heavy (non-hydrogen) atoms. The molecule has 1 aromatic carbocycles. The van der Waals surface area contributed by atoms with Gasteiger partial charge in [-0.05, 0) is 48.6 Å². The maximum Gasteiger partial charge on any atom is 0.660 e. The molecule has 1 aliphatic heterocycles. The van der Waals surface area contributed by atoms with Crippen LogP contribution in [-0.2, 0) is 17.3 Å². The molecule has 2 nitrogen and oxygen atoms in total. The highest BCUT2D eigenvalue weighted by molar-refractivity contribution is 7.81. The van der Waals surface area contributed by atoms with Gasteiger partial charge in [0.2, 0.25) is 6.20 Å². The number of fused-ring (bicyclic) bond motifs is 3. The zero-order chi connectivity index (χ0) is 24.7. The zero-order valence-electron chi connectivity index (χ0n) is 21.5. The Labute approximate surface area is 198 Å². The maximum absolute atomic E-state index is 14.2. The summed E-state index contributed by atoms with van der Waals surface area (Å²) >= 11 is 0. The third-order valence-corrected chi connectivity index (χ3v) is 11.5. The number of halogens is 3. The summed E-state index contributed by atoms with van der Waals surface area (Å²) in [6.45, 7) is 15.4. The quantitative estimate of drug-likeness (QED) is 0.198. The zero-order valence-corrected chi connectivity index (χ0v) is 22.4. The van der Waals surface area contributed by atoms with Crippen molar-refractivity contribution in [1.82, 2.24) is 4.68 Å². The Morgan fingerprint density at radius 1 is 0.970 bits per heavy atom. The van der Waals surface area contributed by atoms with Crippen molar-refractivity contribution < 1.29 is 17.9 Å². The van der Waals surface area contributed by atoms with Crippen LogP contribution in [0.25, 0.3) is 11.3 Å². The van der Waals surface area contributed by atoms with E-state index >= 15 is 0 Å². The van der Waals surface area contributed by atoms with Crippen molar-refractivity contribution in [2.45, 2.75) is 96.8 Å². The molecule has 0 N–H and O–H groups in total. The molecule has 1 aromatic heterocycles. The molecule has 0 saturated carbocycles. The number of rotatable bonds is 9. The van der Waals surface area contributed by atoms with Gasteiger partial charge in [-0.1, -0.05) is 59.4 Å². The van der Waals surface area contributed by atoms with E-state index in [0.29, 0.717) is 16.8 Å². The minimum absolute atomic E-state index is 0.403. The predicted molar refractivity (Wildman–Crippen MR) is 135 cm³/mol. The Balaban J connectivity index is 2.26. The topological polar surface area (TPSA) is 8.81 Å². The van der Waals surface area contributed by atoms with Gasteiger partial charge in [0, 0.05) is 24.3 Å². The Bertz CT molecular complexity index is 978. The summed E-state index contributed by atoms with van der Waals surface area (Å²) in [7, 11) is -1.35. The Morgan fingerprint density at radius 3 is 2.21 bits per heavy atom. The van der Waals surface area contributed by atoms with Gasteiger partial charge in [-0.3, -0.25) is 0 Å². The molecule has 2 unspecified atom stereocenters. The van der Waals surface area contributed by atoms with E-state index < -0.39 is 24.5 Å². The summed E-state index contributed by atoms with van der Waals surface area (Å²) in [5.41, 5.74) is 1.80. The van der Waals surface area contributed by atoms with Gasteiger partial charge in [-0.25, -0.2) is 0 Å². The van der Waals surface area contributed by atoms with Crippen molar-refractivity contribution >= 4 is 12.6 Å². The molecule has 2 atom stereocenters. The van der Waals surface area contributed by atoms with E-state index in [1.807, 2.05) is 6.92 Å². The normalized spacial score (nSPS) is 22.8. The fourth-order valence-electron chi connectivity index (χ4n) is 5.79. The fraction of sp³-hybridized carbons (Fsp3) is 0.667. The number of alkyl halides is 3. The van der Waals surface area contributed by atoms with Crippen molar-refractivity contribution in [3.8, 4) is 11.3 Å². The molecule has 0 amide bonds. The second kappa shape index (κ2) is 9.36. The lowest BCUT2D eigenvalue weighted by atomic mass is 9.60. The number of nitrogens with zero attached hydrogens (tertiary/aromatic N) is 2. The lowest BCUT2D eigenvalue weighted by molar-refractivity contribution is -0.915. The summed E-state index contributed by atoms with van der Waals surface area (Å²) in [5.74, 6) is 0. The molecule has 184 valence electrons. The van der Waals surface area contributed by atoms with Crippen molar-refractivity contribution in [2.24, 2.45) is 0 Å². The second-order valence-electron chi connectivity index (χ2n) is 10.7. The van der Waals surface area contributed by atoms with Crippen LogP contribution < -0.4 is 9.99 Å². The Hall–Kier alpha value is -1.35. The Morgan fingerprint density at radius 2 is 1.64 bits per heavy atom. The molecule has 6 heteroatoms. The van der Waals surface area contributed by atoms with Gasteiger partial charge in [-0.2, -0.15) is 0 Å². The monoisotopic (exact) mass is 482 g/mol. The summed E-state index contributed by atoms with van der Waals surface area (Å²) < 4.78 is 44.7. The van der Waals surface area contributed by atoms with E-state index in [9.17, 15) is 13.2 Å². The molecule has 3 rings (SSSR count). The molecular weight excluding hydrogens is 440 g/mol. The van der Waals surface area contributed by atoms with Crippen LogP contribution in [0.15, 0.2) is 30.5 Å². The smallest absolute Gasteiger partial charge is 0.139 e. The maximum atomic E-state index is 14.2. The van der Waals surface area contributed by atoms with Gasteiger partial charge in [-0.15, -0.1) is 17.9 Å². The van der Waals surface area contributed by atoms with Crippen molar-refractivity contribution in [1.29, 1.82) is 0 Å². The summed E-state index contributed by atoms with van der Waals surface area (Å²) in [6.07, 6.45) is 4.92. The predicted octanol–water partition coefficient (Wildman–Crippen LogP) is 7.60. The molecule has 1 aliphatic rings. The number of aromatic nitrogens is 2. The molecule has 2 aromatic rings. The summed E-state index contributed by atoms with van der Waals surface area (Å²) in [6, 6.07) is 8.43. The van der Waals surface area contributed by atoms with Crippen molar-refractivity contribution in [3.05, 3.63) is 36.0 Å². The SMILES string of the molecule is CCCCC[P+](C)(C)c1ccc2c(c1)-c1cc[n+](C(F)(F)F)n1C(C)(CCCC)C2(C)CC. The number of hydrogen-bond acceptors (Lipinski definition) is 0. The van der Waals surface area contributed by atoms with E-state index in [0.717, 1.165) is 24.8 Å². The van der Waals surface area contributed by atoms with Crippen LogP contribution in [0.3, 0.4) is 0 Å². The number of unbranched alkanes of at least 4 members (excludes halogenated alkanes) is 3. The minimum Gasteiger partial charge on any atom is -0.139 e. The molecular formula is C27H42F3N2P+2. The first-order valence-corrected chi connectivity index (χ1v) is 15.4. The van der Waals surface area contributed by atoms with Crippen LogP contribution in [0.1, 0.15) is 85.1 Å². The second-order valence-corrected chi connectivity index (χ2v) is 15.1. The van der Waals surface area contributed by atoms with E-state index in [4.69, 9.17) is 0 Å². The van der Waals surface area contributed by atoms with Gasteiger partial charge in [0.25, 0.3) is 0 Å². The van der Waals surface area contributed by atoms with E-state index in [1.54, 1.807) is 10.7 Å². The minimum atomic E-state index is -4.46. The number of benzene rings is 1. The van der Waals surface area contributed by atoms with Crippen molar-refractivity contribution in [2.75, 3.05) is 19.5 Å². The first kappa shape index (κ1) is 26.3. The average Bonchev–Trinajstić information content (AvgIpc) is 3.22. The highest BCUT2D eigenvalue weighted by atomic mass is 31.2. The van der Waals surface area contributed by atoms with E-state index in [2.05, 4.69) is 59.2 Å². The van der Waals surface area contributed by atoms with Gasteiger partial charge >= 0.3 is 6.30 Å². The van der Waals surface area contributed by atoms with Crippen LogP contribution >= 0.6 is 7.26 Å². The standard InChI is InChI=1S/C27H42F3N2P/c1-8-11-13-19-33(6,7)21-14-15-23-22(20-21)24-16-18-31(27(28,29)30)32(24)26(5,17-12-9-2)25(23,4)10-3/h14-16,18,20H,8-13,17,19H2,1-7H3/q+2. The molecule has 0 saturated heterocycles. The highest BCUT2D eigenvalue weighted by Gasteiger charge is 2.58. The first-order chi connectivity index (χ1) is 15.4. The molecule has 0 bridgehead atoms. The van der Waals surface area contributed by atoms with Crippen LogP contribution in [-0.4, -0.2) is 24.2 Å². The van der Waals surface area contributed by atoms with Gasteiger partial charge in [0.1, 0.15) is 11.2 Å². The van der Waals surface area contributed by atoms with Gasteiger partial charge in [0.15, 0.2) is 0 Å². The summed E-state index contributed by atoms with van der Waals surface area (Å²) in [5, 5.41) is 1.32. The third-order valence-electron chi connectivity index (χ3n) is 8.35. The lowest BCUT2D eigenvalue weighted by Gasteiger charge is -2.49. The lowest BCUT2D eigenvalue weighted by Crippen LogP contribution is -2.65. The van der Waals surface area contributed by atoms with E-state index in [-0.39, 0.29) is 0 Å². The van der Waals surface area contributed by atoms with Crippen LogP contribution in [0.5, 0.6) is 0 Å². The largest absolute Gasteiger partial charge is 0.660 e. The van der Waals surface area contributed by atoms with Gasteiger partial charge in [0.05, 0.1) is 24.8 Å². The Kier molecular flexibility index (Phi) is 7.45. The van der Waals surface area contributed by atoms with Crippen LogP contribution in [0.2, 0.25) is 0 Å².